The van der Waals surface area contributed by atoms with Crippen LogP contribution in [0.4, 0.5) is 18.9 Å². The van der Waals surface area contributed by atoms with Crippen molar-refractivity contribution in [2.45, 2.75) is 6.18 Å². The number of hydrogen-bond acceptors (Lipinski definition) is 4. The Balaban J connectivity index is 2.57. The summed E-state index contributed by atoms with van der Waals surface area (Å²) in [6.07, 6.45) is -4.45. The van der Waals surface area contributed by atoms with Crippen LogP contribution in [-0.4, -0.2) is 20.2 Å². The van der Waals surface area contributed by atoms with Gasteiger partial charge < -0.3 is 5.73 Å². The van der Waals surface area contributed by atoms with E-state index in [0.29, 0.717) is 0 Å². The van der Waals surface area contributed by atoms with Crippen LogP contribution in [0.3, 0.4) is 0 Å². The summed E-state index contributed by atoms with van der Waals surface area (Å²) in [6.45, 7) is 0. The van der Waals surface area contributed by atoms with E-state index in [1.54, 1.807) is 0 Å². The highest BCUT2D eigenvalue weighted by Gasteiger charge is 2.31. The third-order valence-corrected chi connectivity index (χ3v) is 2.16. The first-order chi connectivity index (χ1) is 7.88. The SMILES string of the molecule is Cn1nnnc1-c1cc(N)cc(C(F)(F)F)c1. The van der Waals surface area contributed by atoms with Gasteiger partial charge in [-0.05, 0) is 28.6 Å². The zero-order valence-corrected chi connectivity index (χ0v) is 8.73. The molecule has 0 radical (unpaired) electrons. The highest BCUT2D eigenvalue weighted by atomic mass is 19.4. The monoisotopic (exact) mass is 243 g/mol. The second-order valence-corrected chi connectivity index (χ2v) is 3.47. The average Bonchev–Trinajstić information content (AvgIpc) is 2.62. The van der Waals surface area contributed by atoms with E-state index >= 15 is 0 Å². The lowest BCUT2D eigenvalue weighted by Gasteiger charge is -2.09. The van der Waals surface area contributed by atoms with Gasteiger partial charge in [0.15, 0.2) is 5.82 Å². The summed E-state index contributed by atoms with van der Waals surface area (Å²) in [5, 5.41) is 10.5. The Morgan fingerprint density at radius 2 is 1.94 bits per heavy atom. The number of aryl methyl sites for hydroxylation is 1. The topological polar surface area (TPSA) is 69.6 Å². The molecule has 1 aromatic heterocycles. The van der Waals surface area contributed by atoms with Crippen LogP contribution in [0.25, 0.3) is 11.4 Å². The largest absolute Gasteiger partial charge is 0.416 e. The molecule has 2 rings (SSSR count). The van der Waals surface area contributed by atoms with Crippen LogP contribution >= 0.6 is 0 Å². The van der Waals surface area contributed by atoms with Gasteiger partial charge in [0.2, 0.25) is 0 Å². The molecule has 0 saturated carbocycles. The van der Waals surface area contributed by atoms with Crippen molar-refractivity contribution < 1.29 is 13.2 Å². The number of tetrazole rings is 1. The number of hydrogen-bond donors (Lipinski definition) is 1. The maximum absolute atomic E-state index is 12.6. The van der Waals surface area contributed by atoms with Crippen molar-refractivity contribution in [2.24, 2.45) is 7.05 Å². The molecule has 0 saturated heterocycles. The molecular weight excluding hydrogens is 235 g/mol. The van der Waals surface area contributed by atoms with E-state index in [-0.39, 0.29) is 17.1 Å². The molecule has 0 fully saturated rings. The fourth-order valence-corrected chi connectivity index (χ4v) is 1.42. The normalized spacial score (nSPS) is 11.8. The van der Waals surface area contributed by atoms with Gasteiger partial charge in [0, 0.05) is 18.3 Å². The Labute approximate surface area is 94.0 Å². The minimum absolute atomic E-state index is 0.0119. The molecule has 0 spiro atoms. The van der Waals surface area contributed by atoms with Gasteiger partial charge in [0.1, 0.15) is 0 Å². The minimum atomic E-state index is -4.45. The van der Waals surface area contributed by atoms with E-state index in [4.69, 9.17) is 5.73 Å². The number of anilines is 1. The second kappa shape index (κ2) is 3.72. The summed E-state index contributed by atoms with van der Waals surface area (Å²) >= 11 is 0. The van der Waals surface area contributed by atoms with Gasteiger partial charge in [-0.3, -0.25) is 0 Å². The lowest BCUT2D eigenvalue weighted by atomic mass is 10.1. The van der Waals surface area contributed by atoms with Crippen LogP contribution in [0, 0.1) is 0 Å². The van der Waals surface area contributed by atoms with Crippen LogP contribution < -0.4 is 5.73 Å². The molecule has 0 amide bonds. The average molecular weight is 243 g/mol. The van der Waals surface area contributed by atoms with Gasteiger partial charge in [-0.15, -0.1) is 5.10 Å². The summed E-state index contributed by atoms with van der Waals surface area (Å²) in [6, 6.07) is 3.22. The molecule has 1 heterocycles. The zero-order chi connectivity index (χ0) is 12.6. The standard InChI is InChI=1S/C9H8F3N5/c1-17-8(14-15-16-17)5-2-6(9(10,11)12)4-7(13)3-5/h2-4H,13H2,1H3. The summed E-state index contributed by atoms with van der Waals surface area (Å²) in [5.41, 5.74) is 4.85. The molecule has 0 bridgehead atoms. The third kappa shape index (κ3) is 2.19. The lowest BCUT2D eigenvalue weighted by molar-refractivity contribution is -0.137. The first kappa shape index (κ1) is 11.4. The Morgan fingerprint density at radius 1 is 1.24 bits per heavy atom. The Kier molecular flexibility index (Phi) is 2.49. The molecule has 90 valence electrons. The molecule has 0 aliphatic heterocycles. The predicted octanol–water partition coefficient (Wildman–Crippen LogP) is 1.48. The van der Waals surface area contributed by atoms with Crippen molar-refractivity contribution in [1.82, 2.24) is 20.2 Å². The van der Waals surface area contributed by atoms with Crippen LogP contribution in [0.5, 0.6) is 0 Å². The third-order valence-electron chi connectivity index (χ3n) is 2.16. The Morgan fingerprint density at radius 3 is 2.47 bits per heavy atom. The summed E-state index contributed by atoms with van der Waals surface area (Å²) in [7, 11) is 1.53. The predicted molar refractivity (Wildman–Crippen MR) is 53.6 cm³/mol. The molecule has 8 heteroatoms. The number of aromatic nitrogens is 4. The maximum atomic E-state index is 12.6. The first-order valence-corrected chi connectivity index (χ1v) is 4.58. The van der Waals surface area contributed by atoms with Crippen molar-refractivity contribution in [2.75, 3.05) is 5.73 Å². The van der Waals surface area contributed by atoms with Crippen molar-refractivity contribution >= 4 is 5.69 Å². The molecule has 0 aliphatic rings. The number of alkyl halides is 3. The zero-order valence-electron chi connectivity index (χ0n) is 8.73. The van der Waals surface area contributed by atoms with E-state index in [2.05, 4.69) is 15.5 Å². The quantitative estimate of drug-likeness (QED) is 0.770. The molecule has 2 N–H and O–H groups in total. The second-order valence-electron chi connectivity index (χ2n) is 3.47. The highest BCUT2D eigenvalue weighted by Crippen LogP contribution is 2.33. The molecule has 0 aliphatic carbocycles. The summed E-state index contributed by atoms with van der Waals surface area (Å²) in [5.74, 6) is 0.225. The van der Waals surface area contributed by atoms with E-state index < -0.39 is 11.7 Å². The van der Waals surface area contributed by atoms with Crippen molar-refractivity contribution in [3.05, 3.63) is 23.8 Å². The van der Waals surface area contributed by atoms with Gasteiger partial charge in [-0.1, -0.05) is 0 Å². The van der Waals surface area contributed by atoms with E-state index in [1.807, 2.05) is 0 Å². The maximum Gasteiger partial charge on any atom is 0.416 e. The van der Waals surface area contributed by atoms with E-state index in [9.17, 15) is 13.2 Å². The number of nitrogens with two attached hydrogens (primary N) is 1. The van der Waals surface area contributed by atoms with Crippen molar-refractivity contribution in [3.63, 3.8) is 0 Å². The number of nitrogen functional groups attached to an aromatic ring is 1. The van der Waals surface area contributed by atoms with Gasteiger partial charge in [-0.25, -0.2) is 4.68 Å². The number of halogens is 3. The van der Waals surface area contributed by atoms with Crippen molar-refractivity contribution in [1.29, 1.82) is 0 Å². The summed E-state index contributed by atoms with van der Waals surface area (Å²) < 4.78 is 39.0. The molecule has 0 unspecified atom stereocenters. The van der Waals surface area contributed by atoms with Gasteiger partial charge in [0.05, 0.1) is 5.56 Å². The number of nitrogens with zero attached hydrogens (tertiary/aromatic N) is 4. The van der Waals surface area contributed by atoms with E-state index in [1.165, 1.54) is 17.8 Å². The van der Waals surface area contributed by atoms with Crippen LogP contribution in [0.1, 0.15) is 5.56 Å². The Hall–Kier alpha value is -2.12. The van der Waals surface area contributed by atoms with E-state index in [0.717, 1.165) is 12.1 Å². The van der Waals surface area contributed by atoms with Gasteiger partial charge in [0.25, 0.3) is 0 Å². The number of rotatable bonds is 1. The first-order valence-electron chi connectivity index (χ1n) is 4.58. The minimum Gasteiger partial charge on any atom is -0.399 e. The van der Waals surface area contributed by atoms with Gasteiger partial charge in [-0.2, -0.15) is 13.2 Å². The number of benzene rings is 1. The molecule has 5 nitrogen and oxygen atoms in total. The molecular formula is C9H8F3N5. The molecule has 17 heavy (non-hydrogen) atoms. The molecule has 0 atom stereocenters. The fourth-order valence-electron chi connectivity index (χ4n) is 1.42. The van der Waals surface area contributed by atoms with Crippen LogP contribution in [0.2, 0.25) is 0 Å². The Bertz CT molecular complexity index is 546. The van der Waals surface area contributed by atoms with Crippen LogP contribution in [-0.2, 0) is 13.2 Å². The van der Waals surface area contributed by atoms with Crippen molar-refractivity contribution in [3.8, 4) is 11.4 Å². The van der Waals surface area contributed by atoms with Crippen LogP contribution in [0.15, 0.2) is 18.2 Å². The highest BCUT2D eigenvalue weighted by molar-refractivity contribution is 5.63. The smallest absolute Gasteiger partial charge is 0.399 e. The lowest BCUT2D eigenvalue weighted by Crippen LogP contribution is -2.06. The fraction of sp³-hybridized carbons (Fsp3) is 0.222. The molecule has 1 aromatic carbocycles. The van der Waals surface area contributed by atoms with Gasteiger partial charge >= 0.3 is 6.18 Å². The molecule has 2 aromatic rings. The summed E-state index contributed by atoms with van der Waals surface area (Å²) in [4.78, 5) is 0.